The Labute approximate surface area is 125 Å². The summed E-state index contributed by atoms with van der Waals surface area (Å²) < 4.78 is 5.03. The zero-order valence-electron chi connectivity index (χ0n) is 10.8. The number of ether oxygens (including phenoxy) is 1. The van der Waals surface area contributed by atoms with Crippen molar-refractivity contribution in [2.24, 2.45) is 0 Å². The van der Waals surface area contributed by atoms with Gasteiger partial charge in [0.25, 0.3) is 0 Å². The van der Waals surface area contributed by atoms with Crippen molar-refractivity contribution in [2.75, 3.05) is 7.11 Å². The van der Waals surface area contributed by atoms with E-state index in [1.54, 1.807) is 18.2 Å². The van der Waals surface area contributed by atoms with Crippen LogP contribution < -0.4 is 4.74 Å². The van der Waals surface area contributed by atoms with Crippen LogP contribution in [0, 0.1) is 18.3 Å². The van der Waals surface area contributed by atoms with Gasteiger partial charge in [0.05, 0.1) is 17.7 Å². The Bertz CT molecular complexity index is 716. The van der Waals surface area contributed by atoms with Gasteiger partial charge in [-0.1, -0.05) is 11.6 Å². The van der Waals surface area contributed by atoms with Crippen LogP contribution in [0.2, 0.25) is 5.02 Å². The lowest BCUT2D eigenvalue weighted by atomic mass is 10.1. The van der Waals surface area contributed by atoms with Crippen LogP contribution in [0.25, 0.3) is 11.6 Å². The Kier molecular flexibility index (Phi) is 4.28. The second-order valence-corrected chi connectivity index (χ2v) is 5.28. The van der Waals surface area contributed by atoms with E-state index in [0.717, 1.165) is 5.69 Å². The van der Waals surface area contributed by atoms with Gasteiger partial charge in [0.2, 0.25) is 0 Å². The number of thiazole rings is 1. The summed E-state index contributed by atoms with van der Waals surface area (Å²) >= 11 is 7.32. The molecule has 0 aliphatic carbocycles. The van der Waals surface area contributed by atoms with E-state index in [1.165, 1.54) is 18.4 Å². The molecule has 0 saturated carbocycles. The van der Waals surface area contributed by atoms with Gasteiger partial charge >= 0.3 is 0 Å². The van der Waals surface area contributed by atoms with Crippen LogP contribution in [-0.2, 0) is 0 Å². The van der Waals surface area contributed by atoms with E-state index in [-0.39, 0.29) is 16.5 Å². The Morgan fingerprint density at radius 2 is 2.30 bits per heavy atom. The van der Waals surface area contributed by atoms with Crippen molar-refractivity contribution in [1.29, 1.82) is 5.26 Å². The number of hydrogen-bond donors (Lipinski definition) is 1. The summed E-state index contributed by atoms with van der Waals surface area (Å²) in [5.74, 6) is 0.145. The maximum absolute atomic E-state index is 9.68. The molecule has 0 aliphatic rings. The van der Waals surface area contributed by atoms with E-state index in [4.69, 9.17) is 16.3 Å². The van der Waals surface area contributed by atoms with Gasteiger partial charge in [-0.2, -0.15) is 5.26 Å². The maximum atomic E-state index is 9.68. The van der Waals surface area contributed by atoms with E-state index in [9.17, 15) is 10.4 Å². The average molecular weight is 307 g/mol. The summed E-state index contributed by atoms with van der Waals surface area (Å²) in [6.07, 6.45) is 1.66. The van der Waals surface area contributed by atoms with Crippen LogP contribution in [0.3, 0.4) is 0 Å². The van der Waals surface area contributed by atoms with Gasteiger partial charge in [-0.3, -0.25) is 0 Å². The summed E-state index contributed by atoms with van der Waals surface area (Å²) in [6, 6.07) is 5.29. The summed E-state index contributed by atoms with van der Waals surface area (Å²) in [7, 11) is 1.44. The lowest BCUT2D eigenvalue weighted by Gasteiger charge is -2.06. The number of nitrogens with zero attached hydrogens (tertiary/aromatic N) is 2. The van der Waals surface area contributed by atoms with Crippen LogP contribution in [-0.4, -0.2) is 17.2 Å². The molecule has 102 valence electrons. The molecule has 6 heteroatoms. The second-order valence-electron chi connectivity index (χ2n) is 4.02. The first kappa shape index (κ1) is 14.4. The molecule has 0 atom stereocenters. The van der Waals surface area contributed by atoms with Crippen molar-refractivity contribution in [3.8, 4) is 17.6 Å². The molecule has 2 aromatic rings. The summed E-state index contributed by atoms with van der Waals surface area (Å²) in [4.78, 5) is 4.27. The molecule has 0 spiro atoms. The fourth-order valence-corrected chi connectivity index (χ4v) is 2.60. The number of aromatic hydroxyl groups is 1. The SMILES string of the molecule is COc1cc(/C=C(/C#N)c2nc(C)cs2)cc(Cl)c1O. The highest BCUT2D eigenvalue weighted by molar-refractivity contribution is 7.11. The molecule has 0 aliphatic heterocycles. The third kappa shape index (κ3) is 2.93. The van der Waals surface area contributed by atoms with Gasteiger partial charge < -0.3 is 9.84 Å². The lowest BCUT2D eigenvalue weighted by molar-refractivity contribution is 0.373. The number of phenolic OH excluding ortho intramolecular Hbond substituents is 1. The third-order valence-corrected chi connectivity index (χ3v) is 3.83. The number of allylic oxidation sites excluding steroid dienone is 1. The van der Waals surface area contributed by atoms with Crippen molar-refractivity contribution < 1.29 is 9.84 Å². The summed E-state index contributed by atoms with van der Waals surface area (Å²) in [5.41, 5.74) is 1.97. The van der Waals surface area contributed by atoms with E-state index in [2.05, 4.69) is 11.1 Å². The third-order valence-electron chi connectivity index (χ3n) is 2.55. The molecule has 2 rings (SSSR count). The van der Waals surface area contributed by atoms with Gasteiger partial charge in [-0.05, 0) is 30.7 Å². The number of phenols is 1. The Balaban J connectivity index is 2.48. The smallest absolute Gasteiger partial charge is 0.176 e. The van der Waals surface area contributed by atoms with Gasteiger partial charge in [0, 0.05) is 11.1 Å². The zero-order chi connectivity index (χ0) is 14.7. The predicted octanol–water partition coefficient (Wildman–Crippen LogP) is 3.88. The van der Waals surface area contributed by atoms with Crippen LogP contribution in [0.15, 0.2) is 17.5 Å². The van der Waals surface area contributed by atoms with Crippen LogP contribution >= 0.6 is 22.9 Å². The maximum Gasteiger partial charge on any atom is 0.176 e. The van der Waals surface area contributed by atoms with Gasteiger partial charge in [0.1, 0.15) is 11.1 Å². The van der Waals surface area contributed by atoms with E-state index in [1.807, 2.05) is 12.3 Å². The number of rotatable bonds is 3. The quantitative estimate of drug-likeness (QED) is 0.874. The highest BCUT2D eigenvalue weighted by atomic mass is 35.5. The Hall–Kier alpha value is -2.03. The van der Waals surface area contributed by atoms with Gasteiger partial charge in [0.15, 0.2) is 11.5 Å². The number of halogens is 1. The van der Waals surface area contributed by atoms with Crippen molar-refractivity contribution in [3.63, 3.8) is 0 Å². The zero-order valence-corrected chi connectivity index (χ0v) is 12.4. The standard InChI is InChI=1S/C14H11ClN2O2S/c1-8-7-20-14(17-8)10(6-16)3-9-4-11(15)13(18)12(5-9)19-2/h3-5,7,18H,1-2H3/b10-3-. The molecule has 0 saturated heterocycles. The number of methoxy groups -OCH3 is 1. The minimum atomic E-state index is -0.116. The minimum absolute atomic E-state index is 0.116. The first-order valence-corrected chi connectivity index (χ1v) is 6.91. The topological polar surface area (TPSA) is 66.1 Å². The second kappa shape index (κ2) is 5.95. The Morgan fingerprint density at radius 3 is 2.85 bits per heavy atom. The minimum Gasteiger partial charge on any atom is -0.503 e. The largest absolute Gasteiger partial charge is 0.503 e. The number of aryl methyl sites for hydroxylation is 1. The highest BCUT2D eigenvalue weighted by Gasteiger charge is 2.10. The summed E-state index contributed by atoms with van der Waals surface area (Å²) in [5, 5.41) is 21.6. The monoisotopic (exact) mass is 306 g/mol. The Morgan fingerprint density at radius 1 is 1.55 bits per heavy atom. The normalized spacial score (nSPS) is 11.2. The first-order valence-electron chi connectivity index (χ1n) is 5.66. The highest BCUT2D eigenvalue weighted by Crippen LogP contribution is 2.36. The number of nitriles is 1. The molecular formula is C14H11ClN2O2S. The molecule has 0 amide bonds. The molecule has 0 radical (unpaired) electrons. The molecule has 1 heterocycles. The van der Waals surface area contributed by atoms with Crippen molar-refractivity contribution in [2.45, 2.75) is 6.92 Å². The van der Waals surface area contributed by atoms with Gasteiger partial charge in [-0.25, -0.2) is 4.98 Å². The molecule has 1 aromatic carbocycles. The predicted molar refractivity (Wildman–Crippen MR) is 80.0 cm³/mol. The molecule has 20 heavy (non-hydrogen) atoms. The molecule has 0 unspecified atom stereocenters. The van der Waals surface area contributed by atoms with Crippen molar-refractivity contribution in [3.05, 3.63) is 38.8 Å². The first-order chi connectivity index (χ1) is 9.55. The number of aromatic nitrogens is 1. The summed E-state index contributed by atoms with van der Waals surface area (Å²) in [6.45, 7) is 1.87. The van der Waals surface area contributed by atoms with E-state index >= 15 is 0 Å². The number of benzene rings is 1. The molecular weight excluding hydrogens is 296 g/mol. The van der Waals surface area contributed by atoms with Crippen LogP contribution in [0.1, 0.15) is 16.3 Å². The van der Waals surface area contributed by atoms with Crippen LogP contribution in [0.5, 0.6) is 11.5 Å². The van der Waals surface area contributed by atoms with E-state index in [0.29, 0.717) is 16.1 Å². The van der Waals surface area contributed by atoms with Gasteiger partial charge in [-0.15, -0.1) is 11.3 Å². The molecule has 0 bridgehead atoms. The molecule has 1 aromatic heterocycles. The fraction of sp³-hybridized carbons (Fsp3) is 0.143. The van der Waals surface area contributed by atoms with Crippen LogP contribution in [0.4, 0.5) is 0 Å². The number of hydrogen-bond acceptors (Lipinski definition) is 5. The van der Waals surface area contributed by atoms with Crippen molar-refractivity contribution >= 4 is 34.6 Å². The van der Waals surface area contributed by atoms with Crippen molar-refractivity contribution in [1.82, 2.24) is 4.98 Å². The average Bonchev–Trinajstić information content (AvgIpc) is 2.86. The molecule has 0 fully saturated rings. The lowest BCUT2D eigenvalue weighted by Crippen LogP contribution is -1.87. The fourth-order valence-electron chi connectivity index (χ4n) is 1.62. The molecule has 4 nitrogen and oxygen atoms in total. The van der Waals surface area contributed by atoms with E-state index < -0.39 is 0 Å². The molecule has 1 N–H and O–H groups in total.